The van der Waals surface area contributed by atoms with Gasteiger partial charge in [-0.25, -0.2) is 14.8 Å². The highest BCUT2D eigenvalue weighted by Crippen LogP contribution is 2.14. The smallest absolute Gasteiger partial charge is 0.422 e. The van der Waals surface area contributed by atoms with Crippen molar-refractivity contribution in [3.63, 3.8) is 0 Å². The van der Waals surface area contributed by atoms with Crippen molar-refractivity contribution in [3.05, 3.63) is 16.9 Å². The summed E-state index contributed by atoms with van der Waals surface area (Å²) in [5.74, 6) is -0.143. The van der Waals surface area contributed by atoms with Crippen LogP contribution in [0.25, 0.3) is 0 Å². The number of carbonyl (C=O) groups is 1. The van der Waals surface area contributed by atoms with E-state index in [1.54, 1.807) is 0 Å². The molecule has 0 aliphatic rings. The second kappa shape index (κ2) is 5.10. The number of carbonyl (C=O) groups excluding carboxylic acids is 1. The van der Waals surface area contributed by atoms with Gasteiger partial charge < -0.3 is 4.74 Å². The second-order valence-electron chi connectivity index (χ2n) is 2.54. The highest BCUT2D eigenvalue weighted by Gasteiger charge is 2.29. The van der Waals surface area contributed by atoms with E-state index >= 15 is 0 Å². The van der Waals surface area contributed by atoms with E-state index in [0.717, 1.165) is 0 Å². The molecular weight excluding hydrogens is 295 g/mol. The van der Waals surface area contributed by atoms with Crippen LogP contribution in [-0.2, 0) is 4.74 Å². The van der Waals surface area contributed by atoms with Gasteiger partial charge in [0.15, 0.2) is 6.61 Å². The minimum absolute atomic E-state index is 0.143. The van der Waals surface area contributed by atoms with Gasteiger partial charge in [-0.2, -0.15) is 13.2 Å². The van der Waals surface area contributed by atoms with E-state index in [9.17, 15) is 18.0 Å². The van der Waals surface area contributed by atoms with Crippen LogP contribution in [0.1, 0.15) is 0 Å². The van der Waals surface area contributed by atoms with E-state index in [0.29, 0.717) is 4.47 Å². The van der Waals surface area contributed by atoms with Gasteiger partial charge in [0.05, 0.1) is 4.47 Å². The first-order valence-corrected chi connectivity index (χ1v) is 4.64. The molecule has 1 aromatic rings. The van der Waals surface area contributed by atoms with Crippen LogP contribution in [0.3, 0.4) is 0 Å². The van der Waals surface area contributed by atoms with E-state index < -0.39 is 18.9 Å². The standard InChI is InChI=1S/C7H5BrF3N3O2/c8-4-1-12-5(13-2-4)14-6(15)16-3-7(9,10)11/h1-2H,3H2,(H,12,13,14,15). The fraction of sp³-hybridized carbons (Fsp3) is 0.286. The number of halogens is 4. The third kappa shape index (κ3) is 4.91. The summed E-state index contributed by atoms with van der Waals surface area (Å²) in [5, 5.41) is 1.94. The minimum Gasteiger partial charge on any atom is -0.440 e. The fourth-order valence-corrected chi connectivity index (χ4v) is 0.856. The van der Waals surface area contributed by atoms with Crippen molar-refractivity contribution in [2.75, 3.05) is 11.9 Å². The average molecular weight is 300 g/mol. The van der Waals surface area contributed by atoms with Crippen molar-refractivity contribution < 1.29 is 22.7 Å². The quantitative estimate of drug-likeness (QED) is 0.910. The lowest BCUT2D eigenvalue weighted by molar-refractivity contribution is -0.159. The number of ether oxygens (including phenoxy) is 1. The molecule has 0 spiro atoms. The highest BCUT2D eigenvalue weighted by molar-refractivity contribution is 9.10. The summed E-state index contributed by atoms with van der Waals surface area (Å²) in [6, 6.07) is 0. The van der Waals surface area contributed by atoms with Crippen molar-refractivity contribution in [1.29, 1.82) is 0 Å². The van der Waals surface area contributed by atoms with Gasteiger partial charge in [-0.1, -0.05) is 0 Å². The van der Waals surface area contributed by atoms with Gasteiger partial charge in [-0.05, 0) is 15.9 Å². The van der Waals surface area contributed by atoms with E-state index in [-0.39, 0.29) is 5.95 Å². The number of alkyl halides is 3. The molecule has 0 atom stereocenters. The van der Waals surface area contributed by atoms with Gasteiger partial charge in [0.2, 0.25) is 5.95 Å². The van der Waals surface area contributed by atoms with Crippen LogP contribution in [0.5, 0.6) is 0 Å². The molecule has 0 fully saturated rings. The lowest BCUT2D eigenvalue weighted by atomic mass is 10.7. The van der Waals surface area contributed by atoms with Gasteiger partial charge in [-0.15, -0.1) is 0 Å². The lowest BCUT2D eigenvalue weighted by Gasteiger charge is -2.07. The Morgan fingerprint density at radius 2 is 2.00 bits per heavy atom. The van der Waals surface area contributed by atoms with Crippen LogP contribution in [0.15, 0.2) is 16.9 Å². The van der Waals surface area contributed by atoms with Crippen molar-refractivity contribution in [2.24, 2.45) is 0 Å². The molecule has 16 heavy (non-hydrogen) atoms. The van der Waals surface area contributed by atoms with Crippen LogP contribution < -0.4 is 5.32 Å². The third-order valence-corrected chi connectivity index (χ3v) is 1.61. The first kappa shape index (κ1) is 12.7. The first-order chi connectivity index (χ1) is 7.37. The van der Waals surface area contributed by atoms with Crippen molar-refractivity contribution in [2.45, 2.75) is 6.18 Å². The zero-order chi connectivity index (χ0) is 12.2. The summed E-state index contributed by atoms with van der Waals surface area (Å²) in [6.07, 6.45) is -3.17. The van der Waals surface area contributed by atoms with Crippen LogP contribution in [0.4, 0.5) is 23.9 Å². The van der Waals surface area contributed by atoms with Gasteiger partial charge in [0.25, 0.3) is 0 Å². The molecule has 0 bridgehead atoms. The maximum Gasteiger partial charge on any atom is 0.422 e. The molecule has 1 N–H and O–H groups in total. The highest BCUT2D eigenvalue weighted by atomic mass is 79.9. The minimum atomic E-state index is -4.56. The largest absolute Gasteiger partial charge is 0.440 e. The monoisotopic (exact) mass is 299 g/mol. The Morgan fingerprint density at radius 3 is 2.50 bits per heavy atom. The van der Waals surface area contributed by atoms with Gasteiger partial charge in [0.1, 0.15) is 0 Å². The average Bonchev–Trinajstić information content (AvgIpc) is 2.18. The molecule has 0 aliphatic carbocycles. The number of nitrogens with zero attached hydrogens (tertiary/aromatic N) is 2. The second-order valence-corrected chi connectivity index (χ2v) is 3.46. The van der Waals surface area contributed by atoms with E-state index in [4.69, 9.17) is 0 Å². The lowest BCUT2D eigenvalue weighted by Crippen LogP contribution is -2.24. The fourth-order valence-electron chi connectivity index (χ4n) is 0.652. The van der Waals surface area contributed by atoms with E-state index in [1.165, 1.54) is 12.4 Å². The number of amides is 1. The molecule has 0 saturated carbocycles. The molecule has 0 radical (unpaired) electrons. The number of anilines is 1. The Balaban J connectivity index is 2.43. The SMILES string of the molecule is O=C(Nc1ncc(Br)cn1)OCC(F)(F)F. The van der Waals surface area contributed by atoms with Crippen molar-refractivity contribution >= 4 is 28.0 Å². The maximum atomic E-state index is 11.7. The summed E-state index contributed by atoms with van der Waals surface area (Å²) >= 11 is 3.05. The summed E-state index contributed by atoms with van der Waals surface area (Å²) in [4.78, 5) is 18.0. The summed E-state index contributed by atoms with van der Waals surface area (Å²) < 4.78 is 39.4. The van der Waals surface area contributed by atoms with Gasteiger partial charge in [0, 0.05) is 12.4 Å². The molecule has 1 rings (SSSR count). The molecule has 0 aromatic carbocycles. The molecule has 5 nitrogen and oxygen atoms in total. The molecular formula is C7H5BrF3N3O2. The molecule has 88 valence electrons. The molecule has 9 heteroatoms. The number of hydrogen-bond donors (Lipinski definition) is 1. The topological polar surface area (TPSA) is 64.1 Å². The zero-order valence-corrected chi connectivity index (χ0v) is 9.17. The van der Waals surface area contributed by atoms with Crippen molar-refractivity contribution in [3.8, 4) is 0 Å². The Bertz CT molecular complexity index is 368. The summed E-state index contributed by atoms with van der Waals surface area (Å²) in [6.45, 7) is -1.66. The third-order valence-electron chi connectivity index (χ3n) is 1.20. The number of nitrogens with one attached hydrogen (secondary N) is 1. The van der Waals surface area contributed by atoms with Crippen LogP contribution >= 0.6 is 15.9 Å². The van der Waals surface area contributed by atoms with Crippen LogP contribution in [0.2, 0.25) is 0 Å². The predicted octanol–water partition coefficient (Wildman–Crippen LogP) is 2.35. The number of rotatable bonds is 2. The van der Waals surface area contributed by atoms with E-state index in [1.807, 2.05) is 5.32 Å². The Labute approximate surface area is 96.2 Å². The Morgan fingerprint density at radius 1 is 1.44 bits per heavy atom. The van der Waals surface area contributed by atoms with Gasteiger partial charge >= 0.3 is 12.3 Å². The first-order valence-electron chi connectivity index (χ1n) is 3.85. The van der Waals surface area contributed by atoms with Gasteiger partial charge in [-0.3, -0.25) is 5.32 Å². The summed E-state index contributed by atoms with van der Waals surface area (Å²) in [5.41, 5.74) is 0. The molecule has 0 aliphatic heterocycles. The number of aromatic nitrogens is 2. The Kier molecular flexibility index (Phi) is 4.05. The predicted molar refractivity (Wildman–Crippen MR) is 50.8 cm³/mol. The zero-order valence-electron chi connectivity index (χ0n) is 7.58. The molecule has 0 saturated heterocycles. The number of hydrogen-bond acceptors (Lipinski definition) is 4. The molecule has 1 aromatic heterocycles. The normalized spacial score (nSPS) is 11.0. The summed E-state index contributed by atoms with van der Waals surface area (Å²) in [7, 11) is 0. The van der Waals surface area contributed by atoms with Crippen LogP contribution in [0, 0.1) is 0 Å². The molecule has 0 unspecified atom stereocenters. The van der Waals surface area contributed by atoms with Crippen molar-refractivity contribution in [1.82, 2.24) is 9.97 Å². The van der Waals surface area contributed by atoms with Crippen LogP contribution in [-0.4, -0.2) is 28.8 Å². The van der Waals surface area contributed by atoms with E-state index in [2.05, 4.69) is 30.6 Å². The molecule has 1 heterocycles. The molecule has 1 amide bonds. The Hall–Kier alpha value is -1.38. The maximum absolute atomic E-state index is 11.7.